The molecule has 1 aromatic carbocycles. The highest BCUT2D eigenvalue weighted by Crippen LogP contribution is 2.35. The van der Waals surface area contributed by atoms with Crippen LogP contribution >= 0.6 is 11.8 Å². The van der Waals surface area contributed by atoms with Gasteiger partial charge in [0.25, 0.3) is 0 Å². The Morgan fingerprint density at radius 3 is 2.70 bits per heavy atom. The summed E-state index contributed by atoms with van der Waals surface area (Å²) in [7, 11) is 0. The van der Waals surface area contributed by atoms with Crippen molar-refractivity contribution in [3.63, 3.8) is 0 Å². The van der Waals surface area contributed by atoms with Gasteiger partial charge < -0.3 is 9.47 Å². The summed E-state index contributed by atoms with van der Waals surface area (Å²) in [5, 5.41) is 10.4. The van der Waals surface area contributed by atoms with E-state index in [0.717, 1.165) is 33.5 Å². The molecule has 0 unspecified atom stereocenters. The molecule has 0 radical (unpaired) electrons. The molecule has 0 bridgehead atoms. The predicted molar refractivity (Wildman–Crippen MR) is 145 cm³/mol. The van der Waals surface area contributed by atoms with Gasteiger partial charge in [0.1, 0.15) is 18.0 Å². The van der Waals surface area contributed by atoms with Gasteiger partial charge in [-0.15, -0.1) is 10.2 Å². The smallest absolute Gasteiger partial charge is 0.307 e. The van der Waals surface area contributed by atoms with Crippen LogP contribution in [0, 0.1) is 18.8 Å². The SMILES string of the molecule is Cc1cc(OCc2nnc(SC3CCCC3)n2-c2cccnc2)ccc1C#CCCC(=O)OC(C)(C)C. The molecular formula is C29H34N4O3S. The summed E-state index contributed by atoms with van der Waals surface area (Å²) >= 11 is 1.80. The van der Waals surface area contributed by atoms with Crippen LogP contribution in [0.3, 0.4) is 0 Å². The molecule has 0 N–H and O–H groups in total. The Kier molecular flexibility index (Phi) is 8.88. The fourth-order valence-corrected chi connectivity index (χ4v) is 5.37. The second-order valence-electron chi connectivity index (χ2n) is 10.1. The molecule has 194 valence electrons. The molecule has 2 aromatic heterocycles. The number of carbonyl (C=O) groups is 1. The Balaban J connectivity index is 1.40. The topological polar surface area (TPSA) is 79.1 Å². The maximum atomic E-state index is 11.8. The van der Waals surface area contributed by atoms with E-state index in [1.165, 1.54) is 25.7 Å². The summed E-state index contributed by atoms with van der Waals surface area (Å²) in [4.78, 5) is 16.1. The summed E-state index contributed by atoms with van der Waals surface area (Å²) in [6.45, 7) is 7.87. The van der Waals surface area contributed by atoms with Gasteiger partial charge in [0.05, 0.1) is 18.3 Å². The minimum atomic E-state index is -0.474. The highest BCUT2D eigenvalue weighted by Gasteiger charge is 2.22. The number of rotatable bonds is 8. The van der Waals surface area contributed by atoms with E-state index in [4.69, 9.17) is 9.47 Å². The molecule has 2 heterocycles. The Hall–Kier alpha value is -3.31. The molecule has 7 nitrogen and oxygen atoms in total. The number of aromatic nitrogens is 4. The monoisotopic (exact) mass is 518 g/mol. The molecule has 1 saturated carbocycles. The number of hydrogen-bond acceptors (Lipinski definition) is 7. The maximum Gasteiger partial charge on any atom is 0.307 e. The van der Waals surface area contributed by atoms with Crippen molar-refractivity contribution in [2.45, 2.75) is 88.8 Å². The highest BCUT2D eigenvalue weighted by molar-refractivity contribution is 7.99. The number of hydrogen-bond donors (Lipinski definition) is 0. The minimum absolute atomic E-state index is 0.230. The van der Waals surface area contributed by atoms with E-state index in [1.807, 2.05) is 68.8 Å². The molecule has 4 rings (SSSR count). The van der Waals surface area contributed by atoms with Crippen LogP contribution in [0.4, 0.5) is 0 Å². The largest absolute Gasteiger partial charge is 0.486 e. The molecule has 1 aliphatic carbocycles. The lowest BCUT2D eigenvalue weighted by molar-refractivity contribution is -0.154. The summed E-state index contributed by atoms with van der Waals surface area (Å²) in [5.41, 5.74) is 2.37. The first kappa shape index (κ1) is 26.7. The van der Waals surface area contributed by atoms with Crippen molar-refractivity contribution in [3.8, 4) is 23.3 Å². The Morgan fingerprint density at radius 1 is 1.19 bits per heavy atom. The molecule has 0 amide bonds. The number of thioether (sulfide) groups is 1. The molecule has 8 heteroatoms. The Labute approximate surface area is 223 Å². The Morgan fingerprint density at radius 2 is 2.00 bits per heavy atom. The van der Waals surface area contributed by atoms with Crippen molar-refractivity contribution in [3.05, 3.63) is 59.7 Å². The maximum absolute atomic E-state index is 11.8. The van der Waals surface area contributed by atoms with Crippen LogP contribution in [-0.2, 0) is 16.1 Å². The third-order valence-corrected chi connectivity index (χ3v) is 7.12. The fourth-order valence-electron chi connectivity index (χ4n) is 4.10. The van der Waals surface area contributed by atoms with Gasteiger partial charge in [0.15, 0.2) is 11.0 Å². The van der Waals surface area contributed by atoms with Gasteiger partial charge in [0.2, 0.25) is 0 Å². The van der Waals surface area contributed by atoms with E-state index in [1.54, 1.807) is 18.0 Å². The molecule has 0 saturated heterocycles. The van der Waals surface area contributed by atoms with Crippen molar-refractivity contribution in [1.82, 2.24) is 19.7 Å². The third-order valence-electron chi connectivity index (χ3n) is 5.84. The van der Waals surface area contributed by atoms with Gasteiger partial charge in [-0.05, 0) is 76.4 Å². The van der Waals surface area contributed by atoms with E-state index in [0.29, 0.717) is 11.7 Å². The van der Waals surface area contributed by atoms with Crippen molar-refractivity contribution >= 4 is 17.7 Å². The molecule has 3 aromatic rings. The zero-order chi connectivity index (χ0) is 26.3. The summed E-state index contributed by atoms with van der Waals surface area (Å²) in [6.07, 6.45) is 9.31. The lowest BCUT2D eigenvalue weighted by Gasteiger charge is -2.18. The van der Waals surface area contributed by atoms with Crippen LogP contribution in [0.5, 0.6) is 5.75 Å². The second kappa shape index (κ2) is 12.3. The van der Waals surface area contributed by atoms with Crippen LogP contribution in [0.25, 0.3) is 5.69 Å². The molecule has 0 spiro atoms. The van der Waals surface area contributed by atoms with Crippen LogP contribution in [0.1, 0.15) is 76.2 Å². The van der Waals surface area contributed by atoms with E-state index in [-0.39, 0.29) is 19.0 Å². The van der Waals surface area contributed by atoms with Crippen molar-refractivity contribution in [2.24, 2.45) is 0 Å². The van der Waals surface area contributed by atoms with E-state index in [9.17, 15) is 4.79 Å². The lowest BCUT2D eigenvalue weighted by atomic mass is 10.1. The fraction of sp³-hybridized carbons (Fsp3) is 0.448. The molecule has 1 aliphatic rings. The van der Waals surface area contributed by atoms with Crippen molar-refractivity contribution in [2.75, 3.05) is 0 Å². The first-order valence-electron chi connectivity index (χ1n) is 12.7. The van der Waals surface area contributed by atoms with Gasteiger partial charge >= 0.3 is 5.97 Å². The van der Waals surface area contributed by atoms with E-state index < -0.39 is 5.60 Å². The van der Waals surface area contributed by atoms with Crippen LogP contribution in [-0.4, -0.2) is 36.6 Å². The quantitative estimate of drug-likeness (QED) is 0.265. The number of ether oxygens (including phenoxy) is 2. The average molecular weight is 519 g/mol. The molecule has 1 fully saturated rings. The zero-order valence-electron chi connectivity index (χ0n) is 22.0. The summed E-state index contributed by atoms with van der Waals surface area (Å²) in [6, 6.07) is 9.75. The molecule has 0 aliphatic heterocycles. The number of nitrogens with zero attached hydrogens (tertiary/aromatic N) is 4. The second-order valence-corrected chi connectivity index (χ2v) is 11.4. The van der Waals surface area contributed by atoms with Gasteiger partial charge in [-0.3, -0.25) is 14.3 Å². The molecule has 37 heavy (non-hydrogen) atoms. The number of esters is 1. The third kappa shape index (κ3) is 7.83. The van der Waals surface area contributed by atoms with Crippen LogP contribution in [0.15, 0.2) is 47.9 Å². The molecular weight excluding hydrogens is 484 g/mol. The van der Waals surface area contributed by atoms with Crippen molar-refractivity contribution < 1.29 is 14.3 Å². The molecule has 0 atom stereocenters. The van der Waals surface area contributed by atoms with E-state index in [2.05, 4.69) is 27.0 Å². The highest BCUT2D eigenvalue weighted by atomic mass is 32.2. The minimum Gasteiger partial charge on any atom is -0.486 e. The predicted octanol–water partition coefficient (Wildman–Crippen LogP) is 6.06. The van der Waals surface area contributed by atoms with Gasteiger partial charge in [-0.25, -0.2) is 0 Å². The number of aryl methyl sites for hydroxylation is 1. The number of benzene rings is 1. The van der Waals surface area contributed by atoms with Crippen molar-refractivity contribution in [1.29, 1.82) is 0 Å². The average Bonchev–Trinajstić information content (AvgIpc) is 3.51. The van der Waals surface area contributed by atoms with Gasteiger partial charge in [-0.1, -0.05) is 36.4 Å². The first-order chi connectivity index (χ1) is 17.8. The van der Waals surface area contributed by atoms with E-state index >= 15 is 0 Å². The van der Waals surface area contributed by atoms with Crippen LogP contribution < -0.4 is 4.74 Å². The van der Waals surface area contributed by atoms with Gasteiger partial charge in [0, 0.05) is 23.4 Å². The summed E-state index contributed by atoms with van der Waals surface area (Å²) < 4.78 is 13.5. The first-order valence-corrected chi connectivity index (χ1v) is 13.6. The Bertz CT molecular complexity index is 1270. The summed E-state index contributed by atoms with van der Waals surface area (Å²) in [5.74, 6) is 7.47. The van der Waals surface area contributed by atoms with Crippen LogP contribution in [0.2, 0.25) is 0 Å². The zero-order valence-corrected chi connectivity index (χ0v) is 22.8. The lowest BCUT2D eigenvalue weighted by Crippen LogP contribution is -2.23. The number of carbonyl (C=O) groups excluding carboxylic acids is 1. The van der Waals surface area contributed by atoms with Gasteiger partial charge in [-0.2, -0.15) is 0 Å². The standard InChI is InChI=1S/C29H34N4O3S/c1-21-18-24(16-15-22(21)10-5-8-14-27(34)36-29(2,3)4)35-20-26-31-32-28(37-25-12-6-7-13-25)33(26)23-11-9-17-30-19-23/h9,11,15-19,25H,6-8,12-14,20H2,1-4H3. The number of pyridine rings is 1. The normalized spacial score (nSPS) is 13.7.